The molecule has 0 saturated heterocycles. The third kappa shape index (κ3) is 2.52. The van der Waals surface area contributed by atoms with Crippen molar-refractivity contribution in [2.45, 2.75) is 26.7 Å². The molecule has 0 fully saturated rings. The highest BCUT2D eigenvalue weighted by Crippen LogP contribution is 2.32. The van der Waals surface area contributed by atoms with Crippen LogP contribution in [0.15, 0.2) is 22.7 Å². The summed E-state index contributed by atoms with van der Waals surface area (Å²) in [6.07, 6.45) is 1.24. The molecule has 2 aromatic rings. The molecule has 3 nitrogen and oxygen atoms in total. The van der Waals surface area contributed by atoms with Gasteiger partial charge in [0, 0.05) is 21.8 Å². The Morgan fingerprint density at radius 2 is 2.24 bits per heavy atom. The Morgan fingerprint density at radius 1 is 1.47 bits per heavy atom. The number of aromatic nitrogens is 1. The lowest BCUT2D eigenvalue weighted by Gasteiger charge is -2.03. The maximum atomic E-state index is 11.5. The van der Waals surface area contributed by atoms with Gasteiger partial charge in [-0.15, -0.1) is 0 Å². The second kappa shape index (κ2) is 4.92. The minimum atomic E-state index is -0.184. The van der Waals surface area contributed by atoms with E-state index in [1.807, 2.05) is 32.0 Å². The van der Waals surface area contributed by atoms with Gasteiger partial charge in [-0.2, -0.15) is 0 Å². The summed E-state index contributed by atoms with van der Waals surface area (Å²) in [4.78, 5) is 14.7. The molecule has 0 spiro atoms. The van der Waals surface area contributed by atoms with Crippen LogP contribution in [0.25, 0.3) is 10.9 Å². The Hall–Kier alpha value is -1.29. The van der Waals surface area contributed by atoms with Crippen molar-refractivity contribution in [2.24, 2.45) is 0 Å². The summed E-state index contributed by atoms with van der Waals surface area (Å²) in [5.41, 5.74) is 1.85. The molecular formula is C13H14BrNO2. The molecule has 0 unspecified atom stereocenters. The van der Waals surface area contributed by atoms with Crippen LogP contribution in [0.3, 0.4) is 0 Å². The first-order valence-electron chi connectivity index (χ1n) is 5.60. The van der Waals surface area contributed by atoms with Gasteiger partial charge in [0.2, 0.25) is 0 Å². The van der Waals surface area contributed by atoms with Crippen molar-refractivity contribution in [3.63, 3.8) is 0 Å². The van der Waals surface area contributed by atoms with Gasteiger partial charge in [0.15, 0.2) is 5.75 Å². The Balaban J connectivity index is 2.41. The lowest BCUT2D eigenvalue weighted by Crippen LogP contribution is -2.07. The first kappa shape index (κ1) is 12.2. The van der Waals surface area contributed by atoms with Gasteiger partial charge in [-0.3, -0.25) is 4.79 Å². The quantitative estimate of drug-likeness (QED) is 0.872. The number of esters is 1. The van der Waals surface area contributed by atoms with Gasteiger partial charge < -0.3 is 9.72 Å². The van der Waals surface area contributed by atoms with E-state index < -0.39 is 0 Å². The smallest absolute Gasteiger partial charge is 0.311 e. The molecule has 2 rings (SSSR count). The fourth-order valence-electron chi connectivity index (χ4n) is 1.77. The van der Waals surface area contributed by atoms with Crippen molar-refractivity contribution in [2.75, 3.05) is 0 Å². The van der Waals surface area contributed by atoms with Gasteiger partial charge >= 0.3 is 5.97 Å². The lowest BCUT2D eigenvalue weighted by molar-refractivity contribution is -0.134. The van der Waals surface area contributed by atoms with E-state index in [9.17, 15) is 4.79 Å². The summed E-state index contributed by atoms with van der Waals surface area (Å²) in [7, 11) is 0. The van der Waals surface area contributed by atoms with Gasteiger partial charge in [0.05, 0.1) is 5.69 Å². The topological polar surface area (TPSA) is 42.1 Å². The Bertz CT molecular complexity index is 560. The number of fused-ring (bicyclic) bond motifs is 1. The number of H-pyrrole nitrogens is 1. The van der Waals surface area contributed by atoms with E-state index >= 15 is 0 Å². The number of aryl methyl sites for hydroxylation is 1. The van der Waals surface area contributed by atoms with Crippen LogP contribution in [0.1, 0.15) is 25.5 Å². The van der Waals surface area contributed by atoms with Crippen LogP contribution in [0, 0.1) is 6.92 Å². The number of halogens is 1. The average Bonchev–Trinajstić information content (AvgIpc) is 2.56. The van der Waals surface area contributed by atoms with Gasteiger partial charge in [-0.1, -0.05) is 22.9 Å². The fraction of sp³-hybridized carbons (Fsp3) is 0.308. The molecule has 0 radical (unpaired) electrons. The van der Waals surface area contributed by atoms with Crippen LogP contribution in [0.2, 0.25) is 0 Å². The van der Waals surface area contributed by atoms with Crippen molar-refractivity contribution in [3.8, 4) is 5.75 Å². The summed E-state index contributed by atoms with van der Waals surface area (Å²) >= 11 is 3.42. The second-order valence-electron chi connectivity index (χ2n) is 3.99. The molecule has 0 amide bonds. The van der Waals surface area contributed by atoms with E-state index in [1.54, 1.807) is 0 Å². The van der Waals surface area contributed by atoms with Crippen molar-refractivity contribution < 1.29 is 9.53 Å². The van der Waals surface area contributed by atoms with Crippen molar-refractivity contribution in [3.05, 3.63) is 28.4 Å². The molecule has 0 bridgehead atoms. The third-order valence-electron chi connectivity index (χ3n) is 2.56. The lowest BCUT2D eigenvalue weighted by atomic mass is 10.2. The zero-order valence-corrected chi connectivity index (χ0v) is 11.4. The Kier molecular flexibility index (Phi) is 3.52. The number of hydrogen-bond acceptors (Lipinski definition) is 2. The molecule has 0 aliphatic carbocycles. The molecule has 0 aliphatic heterocycles. The largest absolute Gasteiger partial charge is 0.424 e. The predicted molar refractivity (Wildman–Crippen MR) is 71.3 cm³/mol. The summed E-state index contributed by atoms with van der Waals surface area (Å²) in [5, 5.41) is 0.932. The van der Waals surface area contributed by atoms with Gasteiger partial charge in [-0.25, -0.2) is 0 Å². The molecule has 1 heterocycles. The standard InChI is InChI=1S/C13H14BrNO2/c1-3-4-12(16)17-13-8(2)15-11-6-5-9(14)7-10(11)13/h5-7,15H,3-4H2,1-2H3. The van der Waals surface area contributed by atoms with Crippen LogP contribution in [-0.2, 0) is 4.79 Å². The highest BCUT2D eigenvalue weighted by Gasteiger charge is 2.13. The molecule has 4 heteroatoms. The van der Waals surface area contributed by atoms with E-state index in [4.69, 9.17) is 4.74 Å². The predicted octanol–water partition coefficient (Wildman–Crippen LogP) is 3.94. The Labute approximate surface area is 108 Å². The molecule has 1 N–H and O–H groups in total. The zero-order chi connectivity index (χ0) is 12.4. The number of rotatable bonds is 3. The van der Waals surface area contributed by atoms with E-state index in [0.29, 0.717) is 12.2 Å². The van der Waals surface area contributed by atoms with E-state index in [1.165, 1.54) is 0 Å². The molecule has 90 valence electrons. The second-order valence-corrected chi connectivity index (χ2v) is 4.91. The third-order valence-corrected chi connectivity index (χ3v) is 3.05. The monoisotopic (exact) mass is 295 g/mol. The normalized spacial score (nSPS) is 10.8. The molecule has 1 aromatic carbocycles. The van der Waals surface area contributed by atoms with Gasteiger partial charge in [-0.05, 0) is 31.5 Å². The maximum absolute atomic E-state index is 11.5. The minimum Gasteiger partial charge on any atom is -0.424 e. The number of ether oxygens (including phenoxy) is 1. The molecule has 0 aliphatic rings. The fourth-order valence-corrected chi connectivity index (χ4v) is 2.14. The van der Waals surface area contributed by atoms with Crippen molar-refractivity contribution in [1.82, 2.24) is 4.98 Å². The molecule has 1 aromatic heterocycles. The molecule has 0 atom stereocenters. The van der Waals surface area contributed by atoms with Crippen LogP contribution in [0.4, 0.5) is 0 Å². The van der Waals surface area contributed by atoms with Gasteiger partial charge in [0.25, 0.3) is 0 Å². The first-order chi connectivity index (χ1) is 8.11. The molecule has 0 saturated carbocycles. The van der Waals surface area contributed by atoms with Crippen molar-refractivity contribution >= 4 is 32.8 Å². The highest BCUT2D eigenvalue weighted by atomic mass is 79.9. The van der Waals surface area contributed by atoms with Crippen molar-refractivity contribution in [1.29, 1.82) is 0 Å². The number of carbonyl (C=O) groups excluding carboxylic acids is 1. The zero-order valence-electron chi connectivity index (χ0n) is 9.84. The number of nitrogens with one attached hydrogen (secondary N) is 1. The van der Waals surface area contributed by atoms with Crippen LogP contribution >= 0.6 is 15.9 Å². The van der Waals surface area contributed by atoms with Crippen LogP contribution in [-0.4, -0.2) is 11.0 Å². The summed E-state index contributed by atoms with van der Waals surface area (Å²) in [6.45, 7) is 3.86. The summed E-state index contributed by atoms with van der Waals surface area (Å²) in [6, 6.07) is 5.87. The molecule has 17 heavy (non-hydrogen) atoms. The van der Waals surface area contributed by atoms with E-state index in [0.717, 1.165) is 27.5 Å². The molecular weight excluding hydrogens is 282 g/mol. The SMILES string of the molecule is CCCC(=O)Oc1c(C)[nH]c2ccc(Br)cc12. The average molecular weight is 296 g/mol. The summed E-state index contributed by atoms with van der Waals surface area (Å²) in [5.74, 6) is 0.455. The number of benzene rings is 1. The first-order valence-corrected chi connectivity index (χ1v) is 6.39. The summed E-state index contributed by atoms with van der Waals surface area (Å²) < 4.78 is 6.37. The minimum absolute atomic E-state index is 0.184. The van der Waals surface area contributed by atoms with E-state index in [-0.39, 0.29) is 5.97 Å². The highest BCUT2D eigenvalue weighted by molar-refractivity contribution is 9.10. The Morgan fingerprint density at radius 3 is 2.94 bits per heavy atom. The van der Waals surface area contributed by atoms with Crippen LogP contribution < -0.4 is 4.74 Å². The maximum Gasteiger partial charge on any atom is 0.311 e. The van der Waals surface area contributed by atoms with Crippen LogP contribution in [0.5, 0.6) is 5.75 Å². The number of hydrogen-bond donors (Lipinski definition) is 1. The number of aromatic amines is 1. The van der Waals surface area contributed by atoms with E-state index in [2.05, 4.69) is 20.9 Å². The number of carbonyl (C=O) groups is 1. The van der Waals surface area contributed by atoms with Gasteiger partial charge in [0.1, 0.15) is 0 Å².